The van der Waals surface area contributed by atoms with Crippen molar-refractivity contribution in [1.29, 1.82) is 0 Å². The SMILES string of the molecule is COCCCOCCNc1ccc(OC(F)(F)F)cc1. The van der Waals surface area contributed by atoms with Gasteiger partial charge in [-0.1, -0.05) is 0 Å². The Hall–Kier alpha value is -1.47. The Bertz CT molecular complexity index is 368. The molecule has 1 N–H and O–H groups in total. The molecule has 0 radical (unpaired) electrons. The van der Waals surface area contributed by atoms with Crippen LogP contribution in [0.2, 0.25) is 0 Å². The number of benzene rings is 1. The molecule has 0 atom stereocenters. The van der Waals surface area contributed by atoms with Crippen LogP contribution in [-0.4, -0.2) is 39.8 Å². The monoisotopic (exact) mass is 293 g/mol. The standard InChI is InChI=1S/C13H18F3NO3/c1-18-8-2-9-19-10-7-17-11-3-5-12(6-4-11)20-13(14,15)16/h3-6,17H,2,7-10H2,1H3. The van der Waals surface area contributed by atoms with Gasteiger partial charge in [-0.15, -0.1) is 13.2 Å². The molecule has 0 aliphatic carbocycles. The Morgan fingerprint density at radius 1 is 1.05 bits per heavy atom. The molecule has 20 heavy (non-hydrogen) atoms. The van der Waals surface area contributed by atoms with Crippen LogP contribution in [0.15, 0.2) is 24.3 Å². The smallest absolute Gasteiger partial charge is 0.406 e. The summed E-state index contributed by atoms with van der Waals surface area (Å²) in [7, 11) is 1.63. The van der Waals surface area contributed by atoms with Crippen LogP contribution >= 0.6 is 0 Å². The molecule has 114 valence electrons. The Labute approximate surface area is 115 Å². The average Bonchev–Trinajstić information content (AvgIpc) is 2.38. The minimum atomic E-state index is -4.66. The number of hydrogen-bond acceptors (Lipinski definition) is 4. The average molecular weight is 293 g/mol. The lowest BCUT2D eigenvalue weighted by molar-refractivity contribution is -0.274. The van der Waals surface area contributed by atoms with Gasteiger partial charge >= 0.3 is 6.36 Å². The van der Waals surface area contributed by atoms with Crippen LogP contribution in [0.25, 0.3) is 0 Å². The van der Waals surface area contributed by atoms with E-state index >= 15 is 0 Å². The minimum absolute atomic E-state index is 0.237. The van der Waals surface area contributed by atoms with Crippen LogP contribution in [0, 0.1) is 0 Å². The van der Waals surface area contributed by atoms with Gasteiger partial charge in [-0.3, -0.25) is 0 Å². The predicted molar refractivity (Wildman–Crippen MR) is 68.9 cm³/mol. The van der Waals surface area contributed by atoms with E-state index in [9.17, 15) is 13.2 Å². The fourth-order valence-electron chi connectivity index (χ4n) is 1.45. The molecule has 0 aromatic heterocycles. The van der Waals surface area contributed by atoms with Crippen molar-refractivity contribution in [3.8, 4) is 5.75 Å². The first-order chi connectivity index (χ1) is 9.51. The van der Waals surface area contributed by atoms with E-state index in [1.807, 2.05) is 0 Å². The first-order valence-electron chi connectivity index (χ1n) is 6.17. The highest BCUT2D eigenvalue weighted by molar-refractivity contribution is 5.46. The van der Waals surface area contributed by atoms with Crippen LogP contribution in [-0.2, 0) is 9.47 Å². The topological polar surface area (TPSA) is 39.7 Å². The molecule has 0 spiro atoms. The van der Waals surface area contributed by atoms with E-state index in [1.165, 1.54) is 24.3 Å². The summed E-state index contributed by atoms with van der Waals surface area (Å²) >= 11 is 0. The first-order valence-corrected chi connectivity index (χ1v) is 6.17. The van der Waals surface area contributed by atoms with Gasteiger partial charge in [-0.2, -0.15) is 0 Å². The maximum absolute atomic E-state index is 12.0. The van der Waals surface area contributed by atoms with Crippen LogP contribution in [0.4, 0.5) is 18.9 Å². The Kier molecular flexibility index (Phi) is 7.17. The molecule has 0 amide bonds. The normalized spacial score (nSPS) is 11.4. The Morgan fingerprint density at radius 3 is 2.35 bits per heavy atom. The van der Waals surface area contributed by atoms with Gasteiger partial charge in [0, 0.05) is 32.6 Å². The highest BCUT2D eigenvalue weighted by atomic mass is 19.4. The van der Waals surface area contributed by atoms with Gasteiger partial charge in [0.05, 0.1) is 6.61 Å². The number of anilines is 1. The highest BCUT2D eigenvalue weighted by Crippen LogP contribution is 2.23. The van der Waals surface area contributed by atoms with Crippen LogP contribution in [0.5, 0.6) is 5.75 Å². The number of ether oxygens (including phenoxy) is 3. The molecule has 4 nitrogen and oxygen atoms in total. The molecule has 0 fully saturated rings. The van der Waals surface area contributed by atoms with E-state index in [0.717, 1.165) is 6.42 Å². The van der Waals surface area contributed by atoms with E-state index in [0.29, 0.717) is 32.1 Å². The van der Waals surface area contributed by atoms with E-state index in [-0.39, 0.29) is 5.75 Å². The van der Waals surface area contributed by atoms with E-state index in [1.54, 1.807) is 7.11 Å². The summed E-state index contributed by atoms with van der Waals surface area (Å²) in [6.45, 7) is 2.37. The summed E-state index contributed by atoms with van der Waals surface area (Å²) in [5.74, 6) is -0.237. The maximum Gasteiger partial charge on any atom is 0.573 e. The first kappa shape index (κ1) is 16.6. The molecule has 1 aromatic carbocycles. The molecular weight excluding hydrogens is 275 g/mol. The lowest BCUT2D eigenvalue weighted by Gasteiger charge is -2.10. The lowest BCUT2D eigenvalue weighted by atomic mass is 10.3. The number of rotatable bonds is 9. The minimum Gasteiger partial charge on any atom is -0.406 e. The zero-order chi connectivity index (χ0) is 14.8. The fraction of sp³-hybridized carbons (Fsp3) is 0.538. The van der Waals surface area contributed by atoms with E-state index in [2.05, 4.69) is 10.1 Å². The maximum atomic E-state index is 12.0. The van der Waals surface area contributed by atoms with Crippen LogP contribution in [0.1, 0.15) is 6.42 Å². The van der Waals surface area contributed by atoms with Crippen molar-refractivity contribution < 1.29 is 27.4 Å². The number of alkyl halides is 3. The van der Waals surface area contributed by atoms with Gasteiger partial charge < -0.3 is 19.5 Å². The van der Waals surface area contributed by atoms with Crippen molar-refractivity contribution in [3.63, 3.8) is 0 Å². The van der Waals surface area contributed by atoms with Crippen LogP contribution in [0.3, 0.4) is 0 Å². The number of hydrogen-bond donors (Lipinski definition) is 1. The van der Waals surface area contributed by atoms with Gasteiger partial charge in [-0.05, 0) is 30.7 Å². The summed E-state index contributed by atoms with van der Waals surface area (Å²) in [5, 5.41) is 3.03. The van der Waals surface area contributed by atoms with E-state index < -0.39 is 6.36 Å². The quantitative estimate of drug-likeness (QED) is 0.710. The van der Waals surface area contributed by atoms with E-state index in [4.69, 9.17) is 9.47 Å². The molecule has 0 saturated heterocycles. The Balaban J connectivity index is 2.18. The molecule has 0 aliphatic heterocycles. The zero-order valence-corrected chi connectivity index (χ0v) is 11.2. The van der Waals surface area contributed by atoms with Gasteiger partial charge in [0.15, 0.2) is 0 Å². The molecule has 0 heterocycles. The Morgan fingerprint density at radius 2 is 1.75 bits per heavy atom. The third-order valence-electron chi connectivity index (χ3n) is 2.30. The van der Waals surface area contributed by atoms with Crippen molar-refractivity contribution in [2.45, 2.75) is 12.8 Å². The van der Waals surface area contributed by atoms with Gasteiger partial charge in [0.1, 0.15) is 5.75 Å². The van der Waals surface area contributed by atoms with Crippen molar-refractivity contribution >= 4 is 5.69 Å². The summed E-state index contributed by atoms with van der Waals surface area (Å²) in [5.41, 5.74) is 0.708. The number of nitrogens with one attached hydrogen (secondary N) is 1. The number of halogens is 3. The molecule has 7 heteroatoms. The molecule has 1 aromatic rings. The second-order valence-electron chi connectivity index (χ2n) is 3.96. The molecule has 1 rings (SSSR count). The molecule has 0 aliphatic rings. The summed E-state index contributed by atoms with van der Waals surface area (Å²) in [6.07, 6.45) is -3.83. The molecule has 0 saturated carbocycles. The van der Waals surface area contributed by atoms with Gasteiger partial charge in [-0.25, -0.2) is 0 Å². The summed E-state index contributed by atoms with van der Waals surface area (Å²) < 4.78 is 49.8. The summed E-state index contributed by atoms with van der Waals surface area (Å²) in [4.78, 5) is 0. The van der Waals surface area contributed by atoms with Crippen molar-refractivity contribution in [2.75, 3.05) is 38.8 Å². The molecule has 0 unspecified atom stereocenters. The molecular formula is C13H18F3NO3. The second-order valence-corrected chi connectivity index (χ2v) is 3.96. The third kappa shape index (κ3) is 7.85. The number of methoxy groups -OCH3 is 1. The largest absolute Gasteiger partial charge is 0.573 e. The van der Waals surface area contributed by atoms with Crippen molar-refractivity contribution in [2.24, 2.45) is 0 Å². The highest BCUT2D eigenvalue weighted by Gasteiger charge is 2.30. The van der Waals surface area contributed by atoms with Crippen molar-refractivity contribution in [3.05, 3.63) is 24.3 Å². The lowest BCUT2D eigenvalue weighted by Crippen LogP contribution is -2.17. The predicted octanol–water partition coefficient (Wildman–Crippen LogP) is 3.05. The second kappa shape index (κ2) is 8.65. The zero-order valence-electron chi connectivity index (χ0n) is 11.2. The van der Waals surface area contributed by atoms with Crippen molar-refractivity contribution in [1.82, 2.24) is 0 Å². The van der Waals surface area contributed by atoms with Crippen LogP contribution < -0.4 is 10.1 Å². The van der Waals surface area contributed by atoms with Gasteiger partial charge in [0.2, 0.25) is 0 Å². The van der Waals surface area contributed by atoms with Gasteiger partial charge in [0.25, 0.3) is 0 Å². The molecule has 0 bridgehead atoms. The summed E-state index contributed by atoms with van der Waals surface area (Å²) in [6, 6.07) is 5.56. The fourth-order valence-corrected chi connectivity index (χ4v) is 1.45. The third-order valence-corrected chi connectivity index (χ3v) is 2.30.